The molecule has 1 aromatic rings. The van der Waals surface area contributed by atoms with Crippen molar-refractivity contribution in [3.63, 3.8) is 0 Å². The van der Waals surface area contributed by atoms with Crippen LogP contribution in [0.1, 0.15) is 17.3 Å². The molecule has 0 saturated carbocycles. The van der Waals surface area contributed by atoms with Crippen molar-refractivity contribution in [1.82, 2.24) is 5.32 Å². The minimum atomic E-state index is -0.970. The summed E-state index contributed by atoms with van der Waals surface area (Å²) in [7, 11) is 0. The van der Waals surface area contributed by atoms with Crippen LogP contribution in [0.15, 0.2) is 18.2 Å². The number of hydrogen-bond acceptors (Lipinski definition) is 4. The Morgan fingerprint density at radius 1 is 1.65 bits per heavy atom. The van der Waals surface area contributed by atoms with Gasteiger partial charge in [0.2, 0.25) is 0 Å². The number of halogens is 1. The predicted octanol–water partition coefficient (Wildman–Crippen LogP) is 0.845. The number of hydrogen-bond donors (Lipinski definition) is 2. The lowest BCUT2D eigenvalue weighted by atomic mass is 10.2. The average Bonchev–Trinajstić information content (AvgIpc) is 2.25. The Bertz CT molecular complexity index is 448. The highest BCUT2D eigenvalue weighted by atomic mass is 19.1. The highest BCUT2D eigenvalue weighted by molar-refractivity contribution is 5.94. The molecule has 0 spiro atoms. The molecule has 0 radical (unpaired) electrons. The summed E-state index contributed by atoms with van der Waals surface area (Å²) in [5, 5.41) is 21.6. The van der Waals surface area contributed by atoms with E-state index in [0.717, 1.165) is 12.1 Å². The van der Waals surface area contributed by atoms with Crippen LogP contribution in [0.2, 0.25) is 0 Å². The van der Waals surface area contributed by atoms with E-state index in [9.17, 15) is 19.3 Å². The molecule has 0 bridgehead atoms. The van der Waals surface area contributed by atoms with Gasteiger partial charge in [0.05, 0.1) is 22.7 Å². The van der Waals surface area contributed by atoms with Crippen LogP contribution in [-0.2, 0) is 0 Å². The lowest BCUT2D eigenvalue weighted by Crippen LogP contribution is -2.31. The number of benzene rings is 1. The van der Waals surface area contributed by atoms with Crippen molar-refractivity contribution in [2.24, 2.45) is 0 Å². The quantitative estimate of drug-likeness (QED) is 0.604. The topological polar surface area (TPSA) is 92.5 Å². The average molecular weight is 242 g/mol. The van der Waals surface area contributed by atoms with E-state index in [0.29, 0.717) is 6.07 Å². The third-order valence-corrected chi connectivity index (χ3v) is 1.97. The van der Waals surface area contributed by atoms with Gasteiger partial charge in [0.25, 0.3) is 11.6 Å². The van der Waals surface area contributed by atoms with Crippen LogP contribution in [0.4, 0.5) is 10.1 Å². The van der Waals surface area contributed by atoms with Gasteiger partial charge in [-0.05, 0) is 13.0 Å². The van der Waals surface area contributed by atoms with Crippen LogP contribution in [0.25, 0.3) is 0 Å². The SMILES string of the molecule is C[C@H](O)CNC(=O)c1ccc([N+](=O)[O-])cc1F. The highest BCUT2D eigenvalue weighted by Gasteiger charge is 2.16. The van der Waals surface area contributed by atoms with E-state index in [1.54, 1.807) is 0 Å². The number of nitrogens with zero attached hydrogens (tertiary/aromatic N) is 1. The third-order valence-electron chi connectivity index (χ3n) is 1.97. The van der Waals surface area contributed by atoms with Crippen LogP contribution < -0.4 is 5.32 Å². The molecule has 0 aliphatic carbocycles. The molecule has 0 saturated heterocycles. The predicted molar refractivity (Wildman–Crippen MR) is 57.1 cm³/mol. The fourth-order valence-electron chi connectivity index (χ4n) is 1.14. The summed E-state index contributed by atoms with van der Waals surface area (Å²) in [4.78, 5) is 21.0. The lowest BCUT2D eigenvalue weighted by Gasteiger charge is -2.07. The number of nitro benzene ring substituents is 1. The lowest BCUT2D eigenvalue weighted by molar-refractivity contribution is -0.385. The zero-order valence-electron chi connectivity index (χ0n) is 9.01. The van der Waals surface area contributed by atoms with E-state index >= 15 is 0 Å². The first-order chi connectivity index (χ1) is 7.91. The smallest absolute Gasteiger partial charge is 0.272 e. The molecule has 7 heteroatoms. The maximum atomic E-state index is 13.4. The van der Waals surface area contributed by atoms with E-state index in [4.69, 9.17) is 5.11 Å². The Kier molecular flexibility index (Phi) is 4.11. The maximum Gasteiger partial charge on any atom is 0.272 e. The number of carbonyl (C=O) groups is 1. The Hall–Kier alpha value is -2.02. The first-order valence-electron chi connectivity index (χ1n) is 4.82. The minimum absolute atomic E-state index is 0.0186. The van der Waals surface area contributed by atoms with Gasteiger partial charge in [0.1, 0.15) is 5.82 Å². The number of rotatable bonds is 4. The van der Waals surface area contributed by atoms with E-state index in [-0.39, 0.29) is 12.1 Å². The van der Waals surface area contributed by atoms with E-state index in [1.165, 1.54) is 6.92 Å². The van der Waals surface area contributed by atoms with Crippen LogP contribution >= 0.6 is 0 Å². The molecule has 0 aromatic heterocycles. The molecule has 1 amide bonds. The third kappa shape index (κ3) is 3.49. The van der Waals surface area contributed by atoms with Gasteiger partial charge < -0.3 is 10.4 Å². The number of aliphatic hydroxyl groups is 1. The number of nitro groups is 1. The molecule has 1 aromatic carbocycles. The van der Waals surface area contributed by atoms with Gasteiger partial charge in [-0.15, -0.1) is 0 Å². The van der Waals surface area contributed by atoms with Gasteiger partial charge >= 0.3 is 0 Å². The summed E-state index contributed by atoms with van der Waals surface area (Å²) in [6, 6.07) is 2.75. The molecule has 17 heavy (non-hydrogen) atoms. The second kappa shape index (κ2) is 5.35. The summed E-state index contributed by atoms with van der Waals surface area (Å²) in [6.07, 6.45) is -0.750. The molecule has 2 N–H and O–H groups in total. The van der Waals surface area contributed by atoms with Gasteiger partial charge in [-0.3, -0.25) is 14.9 Å². The monoisotopic (exact) mass is 242 g/mol. The largest absolute Gasteiger partial charge is 0.392 e. The highest BCUT2D eigenvalue weighted by Crippen LogP contribution is 2.16. The number of non-ortho nitro benzene ring substituents is 1. The summed E-state index contributed by atoms with van der Waals surface area (Å²) in [6.45, 7) is 1.45. The van der Waals surface area contributed by atoms with Crippen molar-refractivity contribution < 1.29 is 19.2 Å². The van der Waals surface area contributed by atoms with Crippen molar-refractivity contribution in [2.45, 2.75) is 13.0 Å². The van der Waals surface area contributed by atoms with Crippen molar-refractivity contribution in [2.75, 3.05) is 6.54 Å². The molecule has 0 fully saturated rings. The molecule has 1 atom stereocenters. The fourth-order valence-corrected chi connectivity index (χ4v) is 1.14. The Morgan fingerprint density at radius 2 is 2.29 bits per heavy atom. The molecule has 0 unspecified atom stereocenters. The molecule has 1 rings (SSSR count). The van der Waals surface area contributed by atoms with Crippen LogP contribution in [-0.4, -0.2) is 28.6 Å². The van der Waals surface area contributed by atoms with E-state index in [1.807, 2.05) is 0 Å². The van der Waals surface area contributed by atoms with Crippen LogP contribution in [0.5, 0.6) is 0 Å². The summed E-state index contributed by atoms with van der Waals surface area (Å²) in [5.41, 5.74) is -0.717. The van der Waals surface area contributed by atoms with Crippen LogP contribution in [0, 0.1) is 15.9 Å². The normalized spacial score (nSPS) is 11.9. The van der Waals surface area contributed by atoms with Crippen LogP contribution in [0.3, 0.4) is 0 Å². The number of carbonyl (C=O) groups excluding carboxylic acids is 1. The minimum Gasteiger partial charge on any atom is -0.392 e. The molecule has 6 nitrogen and oxygen atoms in total. The van der Waals surface area contributed by atoms with Gasteiger partial charge in [0, 0.05) is 12.6 Å². The van der Waals surface area contributed by atoms with Crippen molar-refractivity contribution >= 4 is 11.6 Å². The first-order valence-corrected chi connectivity index (χ1v) is 4.82. The van der Waals surface area contributed by atoms with E-state index in [2.05, 4.69) is 5.32 Å². The Morgan fingerprint density at radius 3 is 2.76 bits per heavy atom. The summed E-state index contributed by atoms with van der Waals surface area (Å²) < 4.78 is 13.4. The first kappa shape index (κ1) is 13.0. The molecule has 0 heterocycles. The zero-order valence-corrected chi connectivity index (χ0v) is 9.01. The second-order valence-corrected chi connectivity index (χ2v) is 3.48. The maximum absolute atomic E-state index is 13.4. The molecular formula is C10H11FN2O4. The molecule has 92 valence electrons. The Labute approximate surface area is 96.2 Å². The van der Waals surface area contributed by atoms with Gasteiger partial charge in [0.15, 0.2) is 0 Å². The molecule has 0 aliphatic rings. The number of nitrogens with one attached hydrogen (secondary N) is 1. The second-order valence-electron chi connectivity index (χ2n) is 3.48. The van der Waals surface area contributed by atoms with Crippen molar-refractivity contribution in [3.05, 3.63) is 39.7 Å². The van der Waals surface area contributed by atoms with Gasteiger partial charge in [-0.1, -0.05) is 0 Å². The fraction of sp³-hybridized carbons (Fsp3) is 0.300. The summed E-state index contributed by atoms with van der Waals surface area (Å²) >= 11 is 0. The van der Waals surface area contributed by atoms with Gasteiger partial charge in [-0.2, -0.15) is 0 Å². The number of amides is 1. The zero-order chi connectivity index (χ0) is 13.0. The van der Waals surface area contributed by atoms with Gasteiger partial charge in [-0.25, -0.2) is 4.39 Å². The van der Waals surface area contributed by atoms with Crippen molar-refractivity contribution in [1.29, 1.82) is 0 Å². The summed E-state index contributed by atoms with van der Waals surface area (Å²) in [5.74, 6) is -1.69. The molecular weight excluding hydrogens is 231 g/mol. The standard InChI is InChI=1S/C10H11FN2O4/c1-6(14)5-12-10(15)8-3-2-7(13(16)17)4-9(8)11/h2-4,6,14H,5H2,1H3,(H,12,15)/t6-/m0/s1. The molecule has 0 aliphatic heterocycles. The van der Waals surface area contributed by atoms with Crippen molar-refractivity contribution in [3.8, 4) is 0 Å². The van der Waals surface area contributed by atoms with E-state index < -0.39 is 28.4 Å². The Balaban J connectivity index is 2.85. The number of aliphatic hydroxyl groups excluding tert-OH is 1.